The van der Waals surface area contributed by atoms with Crippen molar-refractivity contribution in [3.05, 3.63) is 52.6 Å². The van der Waals surface area contributed by atoms with E-state index in [2.05, 4.69) is 31.1 Å². The second kappa shape index (κ2) is 11.3. The Morgan fingerprint density at radius 1 is 1.13 bits per heavy atom. The number of fused-ring (bicyclic) bond motifs is 7. The number of nitrogens with one attached hydrogen (secondary N) is 4. The predicted octanol–water partition coefficient (Wildman–Crippen LogP) is 4.90. The molecule has 200 valence electrons. The molecule has 0 radical (unpaired) electrons. The molecule has 6 bridgehead atoms. The van der Waals surface area contributed by atoms with Crippen LogP contribution < -0.4 is 20.7 Å². The zero-order chi connectivity index (χ0) is 26.6. The number of carbonyl (C=O) groups excluding carboxylic acids is 2. The highest BCUT2D eigenvalue weighted by Gasteiger charge is 2.30. The molecule has 2 amide bonds. The van der Waals surface area contributed by atoms with Gasteiger partial charge < -0.3 is 25.4 Å². The number of halogens is 2. The zero-order valence-corrected chi connectivity index (χ0v) is 21.5. The maximum Gasteiger partial charge on any atom is 0.407 e. The van der Waals surface area contributed by atoms with Gasteiger partial charge in [0.2, 0.25) is 0 Å². The molecule has 10 nitrogen and oxygen atoms in total. The lowest BCUT2D eigenvalue weighted by Gasteiger charge is -2.15. The third kappa shape index (κ3) is 5.67. The largest absolute Gasteiger partial charge is 0.492 e. The molecule has 4 N–H and O–H groups in total. The number of aromatic nitrogens is 3. The van der Waals surface area contributed by atoms with E-state index in [4.69, 9.17) is 21.1 Å². The van der Waals surface area contributed by atoms with Gasteiger partial charge in [-0.1, -0.05) is 11.6 Å². The molecule has 2 aliphatic rings. The summed E-state index contributed by atoms with van der Waals surface area (Å²) in [5.41, 5.74) is 1.41. The number of anilines is 2. The van der Waals surface area contributed by atoms with Gasteiger partial charge >= 0.3 is 6.09 Å². The number of hydrogen-bond donors (Lipinski definition) is 4. The number of benzene rings is 1. The highest BCUT2D eigenvalue weighted by Crippen LogP contribution is 2.39. The third-order valence-electron chi connectivity index (χ3n) is 6.56. The minimum atomic E-state index is -0.563. The highest BCUT2D eigenvalue weighted by molar-refractivity contribution is 6.34. The van der Waals surface area contributed by atoms with Crippen molar-refractivity contribution in [2.45, 2.75) is 44.6 Å². The van der Waals surface area contributed by atoms with Crippen molar-refractivity contribution in [2.24, 2.45) is 0 Å². The summed E-state index contributed by atoms with van der Waals surface area (Å²) in [5.74, 6) is 0.244. The Morgan fingerprint density at radius 3 is 2.82 bits per heavy atom. The topological polar surface area (TPSA) is 130 Å². The van der Waals surface area contributed by atoms with Gasteiger partial charge in [-0.25, -0.2) is 14.2 Å². The minimum absolute atomic E-state index is 0.0603. The average Bonchev–Trinajstić information content (AvgIpc) is 3.54. The molecule has 1 fully saturated rings. The average molecular weight is 543 g/mol. The number of aromatic amines is 1. The first kappa shape index (κ1) is 25.8. The van der Waals surface area contributed by atoms with Crippen molar-refractivity contribution in [1.82, 2.24) is 25.8 Å². The fourth-order valence-corrected chi connectivity index (χ4v) is 5.07. The molecule has 1 saturated carbocycles. The van der Waals surface area contributed by atoms with Crippen molar-refractivity contribution >= 4 is 35.2 Å². The number of rotatable bonds is 3. The standard InChI is InChI=1S/C26H28ClFN6O4/c1-2-37-20-7-6-17(28)23(24(20)27)15-11-19-25(35)29-8-3-9-30-26(36)38-16-5-4-14(10-16)18-13-22(34-33-18)32-21(12-15)31-19/h6-7,11-14,16H,2-5,8-10H2,1H3,(H,29,35)(H,30,36)(H2,31,32,33,34)/t14-,16+/m0/s1. The molecule has 5 rings (SSSR count). The molecule has 2 atom stereocenters. The number of nitrogens with zero attached hydrogens (tertiary/aromatic N) is 2. The van der Waals surface area contributed by atoms with E-state index in [1.165, 1.54) is 18.2 Å². The summed E-state index contributed by atoms with van der Waals surface area (Å²) < 4.78 is 26.1. The molecule has 0 saturated heterocycles. The molecule has 2 aromatic heterocycles. The van der Waals surface area contributed by atoms with Gasteiger partial charge in [0.15, 0.2) is 5.82 Å². The molecule has 1 aliphatic heterocycles. The van der Waals surface area contributed by atoms with Crippen molar-refractivity contribution in [1.29, 1.82) is 0 Å². The Kier molecular flexibility index (Phi) is 7.64. The van der Waals surface area contributed by atoms with E-state index in [1.54, 1.807) is 13.0 Å². The van der Waals surface area contributed by atoms with Crippen LogP contribution >= 0.6 is 11.6 Å². The third-order valence-corrected chi connectivity index (χ3v) is 6.94. The molecule has 3 aromatic rings. The lowest BCUT2D eigenvalue weighted by atomic mass is 10.0. The van der Waals surface area contributed by atoms with Crippen LogP contribution in [0.2, 0.25) is 5.02 Å². The molecule has 0 unspecified atom stereocenters. The first-order chi connectivity index (χ1) is 18.4. The van der Waals surface area contributed by atoms with Crippen LogP contribution in [0.25, 0.3) is 11.1 Å². The van der Waals surface area contributed by atoms with Gasteiger partial charge in [0.05, 0.1) is 11.6 Å². The van der Waals surface area contributed by atoms with Gasteiger partial charge in [-0.05, 0) is 62.4 Å². The summed E-state index contributed by atoms with van der Waals surface area (Å²) in [4.78, 5) is 29.6. The van der Waals surface area contributed by atoms with E-state index in [-0.39, 0.29) is 34.8 Å². The molecule has 38 heavy (non-hydrogen) atoms. The van der Waals surface area contributed by atoms with E-state index in [0.717, 1.165) is 18.5 Å². The predicted molar refractivity (Wildman–Crippen MR) is 139 cm³/mol. The number of pyridine rings is 1. The quantitative estimate of drug-likeness (QED) is 0.370. The lowest BCUT2D eigenvalue weighted by molar-refractivity contribution is 0.0948. The second-order valence-electron chi connectivity index (χ2n) is 9.20. The van der Waals surface area contributed by atoms with Crippen molar-refractivity contribution < 1.29 is 23.5 Å². The molecule has 3 heterocycles. The highest BCUT2D eigenvalue weighted by atomic mass is 35.5. The summed E-state index contributed by atoms with van der Waals surface area (Å²) in [5, 5.41) is 16.1. The van der Waals surface area contributed by atoms with E-state index >= 15 is 4.39 Å². The first-order valence-corrected chi connectivity index (χ1v) is 13.0. The van der Waals surface area contributed by atoms with Crippen LogP contribution in [-0.4, -0.2) is 53.0 Å². The van der Waals surface area contributed by atoms with E-state index in [1.807, 2.05) is 6.07 Å². The first-order valence-electron chi connectivity index (χ1n) is 12.6. The van der Waals surface area contributed by atoms with Crippen LogP contribution in [0.1, 0.15) is 54.7 Å². The normalized spacial score (nSPS) is 19.9. The fourth-order valence-electron chi connectivity index (χ4n) is 4.76. The Hall–Kier alpha value is -3.86. The van der Waals surface area contributed by atoms with E-state index < -0.39 is 17.8 Å². The van der Waals surface area contributed by atoms with Gasteiger partial charge in [0.1, 0.15) is 29.2 Å². The van der Waals surface area contributed by atoms with Crippen LogP contribution in [-0.2, 0) is 4.74 Å². The summed E-state index contributed by atoms with van der Waals surface area (Å²) >= 11 is 6.53. The monoisotopic (exact) mass is 542 g/mol. The van der Waals surface area contributed by atoms with Crippen molar-refractivity contribution in [3.63, 3.8) is 0 Å². The number of alkyl carbamates (subject to hydrolysis) is 1. The van der Waals surface area contributed by atoms with Gasteiger partial charge in [-0.2, -0.15) is 5.10 Å². The maximum atomic E-state index is 15.0. The van der Waals surface area contributed by atoms with E-state index in [0.29, 0.717) is 48.9 Å². The van der Waals surface area contributed by atoms with E-state index in [9.17, 15) is 9.59 Å². The van der Waals surface area contributed by atoms with Gasteiger partial charge in [0.25, 0.3) is 5.91 Å². The van der Waals surface area contributed by atoms with Crippen LogP contribution in [0, 0.1) is 5.82 Å². The molecule has 1 aliphatic carbocycles. The Balaban J connectivity index is 1.52. The number of hydrogen-bond acceptors (Lipinski definition) is 7. The van der Waals surface area contributed by atoms with Crippen LogP contribution in [0.5, 0.6) is 5.75 Å². The number of H-pyrrole nitrogens is 1. The summed E-state index contributed by atoms with van der Waals surface area (Å²) in [7, 11) is 0. The van der Waals surface area contributed by atoms with Crippen LogP contribution in [0.3, 0.4) is 0 Å². The SMILES string of the molecule is CCOc1ccc(F)c(-c2cc3nc(c2)C(=O)NCCCNC(=O)O[C@@H]2CC[C@@H](C2)c2cc(n[nH]2)N3)c1Cl. The summed E-state index contributed by atoms with van der Waals surface area (Å²) in [6.07, 6.45) is 2.15. The van der Waals surface area contributed by atoms with Crippen molar-refractivity contribution in [2.75, 3.05) is 25.0 Å². The van der Waals surface area contributed by atoms with Crippen LogP contribution in [0.15, 0.2) is 30.3 Å². The molecule has 1 aromatic carbocycles. The molecular weight excluding hydrogens is 515 g/mol. The zero-order valence-electron chi connectivity index (χ0n) is 20.8. The number of amides is 2. The summed E-state index contributed by atoms with van der Waals surface area (Å²) in [6.45, 7) is 2.79. The van der Waals surface area contributed by atoms with Gasteiger partial charge in [0, 0.05) is 36.3 Å². The Morgan fingerprint density at radius 2 is 1.97 bits per heavy atom. The lowest BCUT2D eigenvalue weighted by Crippen LogP contribution is -2.32. The molecular formula is C26H28ClFN6O4. The van der Waals surface area contributed by atoms with Gasteiger partial charge in [-0.15, -0.1) is 0 Å². The molecule has 0 spiro atoms. The minimum Gasteiger partial charge on any atom is -0.492 e. The summed E-state index contributed by atoms with van der Waals surface area (Å²) in [6, 6.07) is 7.68. The number of carbonyl (C=O) groups is 2. The number of ether oxygens (including phenoxy) is 2. The maximum absolute atomic E-state index is 15.0. The smallest absolute Gasteiger partial charge is 0.407 e. The Labute approximate surface area is 223 Å². The van der Waals surface area contributed by atoms with Crippen LogP contribution in [0.4, 0.5) is 20.8 Å². The fraction of sp³-hybridized carbons (Fsp3) is 0.385. The second-order valence-corrected chi connectivity index (χ2v) is 9.58. The van der Waals surface area contributed by atoms with Gasteiger partial charge in [-0.3, -0.25) is 9.89 Å². The Bertz CT molecular complexity index is 1350. The van der Waals surface area contributed by atoms with Crippen molar-refractivity contribution in [3.8, 4) is 16.9 Å². The molecule has 12 heteroatoms.